The monoisotopic (exact) mass is 206 g/mol. The second-order valence-corrected chi connectivity index (χ2v) is 3.29. The van der Waals surface area contributed by atoms with Crippen molar-refractivity contribution >= 4 is 5.95 Å². The van der Waals surface area contributed by atoms with Gasteiger partial charge < -0.3 is 14.3 Å². The highest BCUT2D eigenvalue weighted by molar-refractivity contribution is 5.25. The van der Waals surface area contributed by atoms with Crippen LogP contribution in [0.15, 0.2) is 23.0 Å². The summed E-state index contributed by atoms with van der Waals surface area (Å²) in [5, 5.41) is 3.14. The van der Waals surface area contributed by atoms with Gasteiger partial charge in [-0.15, -0.1) is 0 Å². The number of oxazole rings is 1. The molecule has 0 aliphatic carbocycles. The molecule has 5 nitrogen and oxygen atoms in total. The van der Waals surface area contributed by atoms with Gasteiger partial charge in [-0.2, -0.15) is 0 Å². The first-order chi connectivity index (χ1) is 7.29. The van der Waals surface area contributed by atoms with Crippen LogP contribution in [0.4, 0.5) is 5.95 Å². The molecule has 1 N–H and O–H groups in total. The zero-order valence-corrected chi connectivity index (χ0v) is 8.90. The topological polar surface area (TPSA) is 55.9 Å². The maximum Gasteiger partial charge on any atom is 0.213 e. The Morgan fingerprint density at radius 3 is 2.93 bits per heavy atom. The molecule has 2 rings (SSSR count). The van der Waals surface area contributed by atoms with Crippen molar-refractivity contribution in [3.05, 3.63) is 30.2 Å². The number of aromatic nitrogens is 3. The van der Waals surface area contributed by atoms with E-state index in [4.69, 9.17) is 4.42 Å². The van der Waals surface area contributed by atoms with Crippen LogP contribution in [-0.4, -0.2) is 14.5 Å². The molecular weight excluding hydrogens is 192 g/mol. The van der Waals surface area contributed by atoms with E-state index in [1.54, 1.807) is 12.4 Å². The van der Waals surface area contributed by atoms with Gasteiger partial charge in [-0.3, -0.25) is 0 Å². The SMILES string of the molecule is CCc1cnc(CNc2nccn2C)o1. The van der Waals surface area contributed by atoms with Crippen LogP contribution in [0.3, 0.4) is 0 Å². The summed E-state index contributed by atoms with van der Waals surface area (Å²) in [7, 11) is 1.93. The quantitative estimate of drug-likeness (QED) is 0.825. The predicted molar refractivity (Wildman–Crippen MR) is 56.4 cm³/mol. The average molecular weight is 206 g/mol. The zero-order valence-electron chi connectivity index (χ0n) is 8.90. The lowest BCUT2D eigenvalue weighted by atomic mass is 10.4. The molecule has 0 aliphatic rings. The number of aryl methyl sites for hydroxylation is 2. The zero-order chi connectivity index (χ0) is 10.7. The Balaban J connectivity index is 1.96. The normalized spacial score (nSPS) is 10.5. The van der Waals surface area contributed by atoms with Crippen LogP contribution in [0.1, 0.15) is 18.6 Å². The molecule has 0 aliphatic heterocycles. The predicted octanol–water partition coefficient (Wildman–Crippen LogP) is 1.58. The Kier molecular flexibility index (Phi) is 2.71. The van der Waals surface area contributed by atoms with Crippen LogP contribution >= 0.6 is 0 Å². The van der Waals surface area contributed by atoms with Gasteiger partial charge in [-0.25, -0.2) is 9.97 Å². The van der Waals surface area contributed by atoms with Crippen molar-refractivity contribution in [1.82, 2.24) is 14.5 Å². The van der Waals surface area contributed by atoms with Crippen molar-refractivity contribution in [1.29, 1.82) is 0 Å². The fraction of sp³-hybridized carbons (Fsp3) is 0.400. The third kappa shape index (κ3) is 2.18. The van der Waals surface area contributed by atoms with Gasteiger partial charge in [0.2, 0.25) is 11.8 Å². The van der Waals surface area contributed by atoms with Crippen molar-refractivity contribution in [3.63, 3.8) is 0 Å². The summed E-state index contributed by atoms with van der Waals surface area (Å²) in [6.07, 6.45) is 6.26. The second-order valence-electron chi connectivity index (χ2n) is 3.29. The Morgan fingerprint density at radius 1 is 1.47 bits per heavy atom. The van der Waals surface area contributed by atoms with Crippen molar-refractivity contribution in [3.8, 4) is 0 Å². The van der Waals surface area contributed by atoms with E-state index in [2.05, 4.69) is 15.3 Å². The number of hydrogen-bond donors (Lipinski definition) is 1. The largest absolute Gasteiger partial charge is 0.444 e. The Morgan fingerprint density at radius 2 is 2.33 bits per heavy atom. The highest BCUT2D eigenvalue weighted by Gasteiger charge is 2.03. The molecule has 0 saturated heterocycles. The number of nitrogens with zero attached hydrogens (tertiary/aromatic N) is 3. The van der Waals surface area contributed by atoms with E-state index < -0.39 is 0 Å². The van der Waals surface area contributed by atoms with Crippen molar-refractivity contribution in [2.75, 3.05) is 5.32 Å². The number of rotatable bonds is 4. The Labute approximate surface area is 88.2 Å². The molecule has 0 bridgehead atoms. The van der Waals surface area contributed by atoms with Gasteiger partial charge >= 0.3 is 0 Å². The first kappa shape index (κ1) is 9.76. The summed E-state index contributed by atoms with van der Waals surface area (Å²) in [5.41, 5.74) is 0. The molecule has 2 aromatic heterocycles. The van der Waals surface area contributed by atoms with Gasteiger partial charge in [0, 0.05) is 25.9 Å². The highest BCUT2D eigenvalue weighted by Crippen LogP contribution is 2.07. The molecule has 0 aromatic carbocycles. The Hall–Kier alpha value is -1.78. The molecule has 2 heterocycles. The number of hydrogen-bond acceptors (Lipinski definition) is 4. The second kappa shape index (κ2) is 4.16. The summed E-state index contributed by atoms with van der Waals surface area (Å²) in [6, 6.07) is 0. The lowest BCUT2D eigenvalue weighted by molar-refractivity contribution is 0.465. The summed E-state index contributed by atoms with van der Waals surface area (Å²) in [6.45, 7) is 2.60. The van der Waals surface area contributed by atoms with Gasteiger partial charge in [0.1, 0.15) is 5.76 Å². The van der Waals surface area contributed by atoms with Gasteiger partial charge in [0.05, 0.1) is 12.7 Å². The van der Waals surface area contributed by atoms with E-state index >= 15 is 0 Å². The number of nitrogens with one attached hydrogen (secondary N) is 1. The van der Waals surface area contributed by atoms with Crippen LogP contribution in [0.2, 0.25) is 0 Å². The van der Waals surface area contributed by atoms with E-state index in [0.29, 0.717) is 12.4 Å². The van der Waals surface area contributed by atoms with E-state index in [-0.39, 0.29) is 0 Å². The fourth-order valence-corrected chi connectivity index (χ4v) is 1.28. The maximum atomic E-state index is 5.46. The molecule has 0 radical (unpaired) electrons. The molecule has 80 valence electrons. The first-order valence-corrected chi connectivity index (χ1v) is 4.94. The van der Waals surface area contributed by atoms with Gasteiger partial charge in [0.15, 0.2) is 0 Å². The lowest BCUT2D eigenvalue weighted by Crippen LogP contribution is -2.04. The molecule has 0 saturated carbocycles. The minimum atomic E-state index is 0.560. The van der Waals surface area contributed by atoms with Crippen LogP contribution in [-0.2, 0) is 20.0 Å². The van der Waals surface area contributed by atoms with E-state index in [1.807, 2.05) is 24.7 Å². The smallest absolute Gasteiger partial charge is 0.213 e. The van der Waals surface area contributed by atoms with Gasteiger partial charge in [-0.05, 0) is 0 Å². The van der Waals surface area contributed by atoms with Crippen LogP contribution in [0.5, 0.6) is 0 Å². The van der Waals surface area contributed by atoms with Crippen LogP contribution in [0, 0.1) is 0 Å². The van der Waals surface area contributed by atoms with Crippen molar-refractivity contribution in [2.45, 2.75) is 19.9 Å². The summed E-state index contributed by atoms with van der Waals surface area (Å²) >= 11 is 0. The standard InChI is InChI=1S/C10H14N4O/c1-3-8-6-12-9(15-8)7-13-10-11-4-5-14(10)2/h4-6H,3,7H2,1-2H3,(H,11,13). The minimum Gasteiger partial charge on any atom is -0.444 e. The van der Waals surface area contributed by atoms with Crippen molar-refractivity contribution in [2.24, 2.45) is 7.05 Å². The maximum absolute atomic E-state index is 5.46. The van der Waals surface area contributed by atoms with Gasteiger partial charge in [-0.1, -0.05) is 6.92 Å². The molecule has 5 heteroatoms. The van der Waals surface area contributed by atoms with E-state index in [1.165, 1.54) is 0 Å². The van der Waals surface area contributed by atoms with E-state index in [9.17, 15) is 0 Å². The molecule has 2 aromatic rings. The first-order valence-electron chi connectivity index (χ1n) is 4.94. The Bertz CT molecular complexity index is 432. The molecule has 0 atom stereocenters. The molecule has 0 amide bonds. The number of imidazole rings is 1. The third-order valence-corrected chi connectivity index (χ3v) is 2.17. The van der Waals surface area contributed by atoms with E-state index in [0.717, 1.165) is 18.1 Å². The van der Waals surface area contributed by atoms with Crippen LogP contribution < -0.4 is 5.32 Å². The van der Waals surface area contributed by atoms with Gasteiger partial charge in [0.25, 0.3) is 0 Å². The minimum absolute atomic E-state index is 0.560. The lowest BCUT2D eigenvalue weighted by Gasteiger charge is -2.02. The summed E-state index contributed by atoms with van der Waals surface area (Å²) in [4.78, 5) is 8.29. The summed E-state index contributed by atoms with van der Waals surface area (Å²) in [5.74, 6) is 2.41. The highest BCUT2D eigenvalue weighted by atomic mass is 16.4. The third-order valence-electron chi connectivity index (χ3n) is 2.17. The molecule has 0 fully saturated rings. The molecule has 0 spiro atoms. The molecule has 15 heavy (non-hydrogen) atoms. The van der Waals surface area contributed by atoms with Crippen molar-refractivity contribution < 1.29 is 4.42 Å². The fourth-order valence-electron chi connectivity index (χ4n) is 1.28. The summed E-state index contributed by atoms with van der Waals surface area (Å²) < 4.78 is 7.37. The average Bonchev–Trinajstić information content (AvgIpc) is 2.84. The number of anilines is 1. The molecule has 0 unspecified atom stereocenters. The molecular formula is C10H14N4O. The van der Waals surface area contributed by atoms with Crippen LogP contribution in [0.25, 0.3) is 0 Å².